The van der Waals surface area contributed by atoms with E-state index in [9.17, 15) is 9.50 Å². The lowest BCUT2D eigenvalue weighted by molar-refractivity contribution is 0.107. The molecule has 2 N–H and O–H groups in total. The number of aliphatic hydroxyl groups is 1. The summed E-state index contributed by atoms with van der Waals surface area (Å²) in [5.74, 6) is 0.304. The molecule has 0 saturated heterocycles. The molecule has 1 aromatic heterocycles. The van der Waals surface area contributed by atoms with Gasteiger partial charge in [0.2, 0.25) is 0 Å². The first-order valence-corrected chi connectivity index (χ1v) is 6.59. The van der Waals surface area contributed by atoms with E-state index in [0.717, 1.165) is 16.4 Å². The second-order valence-corrected chi connectivity index (χ2v) is 5.67. The van der Waals surface area contributed by atoms with Crippen molar-refractivity contribution in [1.82, 2.24) is 9.97 Å². The predicted molar refractivity (Wildman–Crippen MR) is 71.0 cm³/mol. The van der Waals surface area contributed by atoms with Crippen molar-refractivity contribution in [2.75, 3.05) is 5.75 Å². The summed E-state index contributed by atoms with van der Waals surface area (Å²) >= 11 is 1.46. The molecule has 2 rings (SSSR count). The van der Waals surface area contributed by atoms with Crippen molar-refractivity contribution in [2.24, 2.45) is 0 Å². The highest BCUT2D eigenvalue weighted by Gasteiger charge is 2.14. The van der Waals surface area contributed by atoms with Crippen molar-refractivity contribution in [1.29, 1.82) is 0 Å². The van der Waals surface area contributed by atoms with Gasteiger partial charge in [-0.05, 0) is 43.7 Å². The summed E-state index contributed by atoms with van der Waals surface area (Å²) in [7, 11) is 0. The van der Waals surface area contributed by atoms with Crippen LogP contribution in [-0.4, -0.2) is 26.4 Å². The third-order valence-corrected chi connectivity index (χ3v) is 3.60. The van der Waals surface area contributed by atoms with Gasteiger partial charge < -0.3 is 10.1 Å². The number of hydrogen-bond acceptors (Lipinski definition) is 3. The zero-order valence-corrected chi connectivity index (χ0v) is 11.1. The lowest BCUT2D eigenvalue weighted by atomic mass is 10.2. The Balaban J connectivity index is 2.08. The Kier molecular flexibility index (Phi) is 3.73. The normalized spacial score (nSPS) is 11.8. The fraction of sp³-hybridized carbons (Fsp3) is 0.308. The molecular weight excluding hydrogens is 251 g/mol. The van der Waals surface area contributed by atoms with Crippen molar-refractivity contribution >= 4 is 11.8 Å². The number of nitrogens with one attached hydrogen (secondary N) is 1. The van der Waals surface area contributed by atoms with Gasteiger partial charge in [0.05, 0.1) is 17.5 Å². The monoisotopic (exact) mass is 266 g/mol. The third kappa shape index (κ3) is 3.58. The second kappa shape index (κ2) is 5.12. The Bertz CT molecular complexity index is 517. The van der Waals surface area contributed by atoms with E-state index in [1.54, 1.807) is 32.2 Å². The quantitative estimate of drug-likeness (QED) is 0.836. The van der Waals surface area contributed by atoms with Crippen LogP contribution in [0.2, 0.25) is 0 Å². The van der Waals surface area contributed by atoms with Gasteiger partial charge in [-0.2, -0.15) is 0 Å². The fourth-order valence-corrected chi connectivity index (χ4v) is 2.20. The number of H-pyrrole nitrogens is 1. The molecule has 1 aromatic carbocycles. The summed E-state index contributed by atoms with van der Waals surface area (Å²) in [6.07, 6.45) is 1.71. The Hall–Kier alpha value is -1.33. The van der Waals surface area contributed by atoms with Crippen molar-refractivity contribution in [3.05, 3.63) is 36.3 Å². The first-order chi connectivity index (χ1) is 8.44. The van der Waals surface area contributed by atoms with Gasteiger partial charge in [-0.25, -0.2) is 9.37 Å². The number of aromatic amines is 1. The minimum Gasteiger partial charge on any atom is -0.390 e. The van der Waals surface area contributed by atoms with E-state index >= 15 is 0 Å². The van der Waals surface area contributed by atoms with Crippen molar-refractivity contribution in [3.63, 3.8) is 0 Å². The molecule has 18 heavy (non-hydrogen) atoms. The van der Waals surface area contributed by atoms with Crippen molar-refractivity contribution in [2.45, 2.75) is 24.6 Å². The van der Waals surface area contributed by atoms with E-state index in [1.165, 1.54) is 23.9 Å². The van der Waals surface area contributed by atoms with Crippen LogP contribution in [0.25, 0.3) is 11.3 Å². The van der Waals surface area contributed by atoms with Crippen molar-refractivity contribution in [3.8, 4) is 11.3 Å². The molecule has 0 aliphatic heterocycles. The Labute approximate surface area is 109 Å². The van der Waals surface area contributed by atoms with Crippen molar-refractivity contribution < 1.29 is 9.50 Å². The van der Waals surface area contributed by atoms with Gasteiger partial charge >= 0.3 is 0 Å². The first-order valence-electron chi connectivity index (χ1n) is 5.60. The minimum absolute atomic E-state index is 0.255. The molecule has 0 aliphatic rings. The highest BCUT2D eigenvalue weighted by molar-refractivity contribution is 7.99. The summed E-state index contributed by atoms with van der Waals surface area (Å²) in [4.78, 5) is 7.36. The highest BCUT2D eigenvalue weighted by atomic mass is 32.2. The summed E-state index contributed by atoms with van der Waals surface area (Å²) < 4.78 is 12.8. The van der Waals surface area contributed by atoms with Crippen LogP contribution in [-0.2, 0) is 0 Å². The average molecular weight is 266 g/mol. The summed E-state index contributed by atoms with van der Waals surface area (Å²) in [6.45, 7) is 3.51. The zero-order chi connectivity index (χ0) is 13.2. The molecule has 2 aromatic rings. The van der Waals surface area contributed by atoms with E-state index in [-0.39, 0.29) is 5.82 Å². The summed E-state index contributed by atoms with van der Waals surface area (Å²) in [6, 6.07) is 6.24. The van der Waals surface area contributed by atoms with E-state index in [4.69, 9.17) is 0 Å². The molecule has 5 heteroatoms. The number of imidazole rings is 1. The van der Waals surface area contributed by atoms with Crippen LogP contribution in [0.15, 0.2) is 35.6 Å². The molecule has 3 nitrogen and oxygen atoms in total. The maximum Gasteiger partial charge on any atom is 0.165 e. The van der Waals surface area contributed by atoms with E-state index in [1.807, 2.05) is 0 Å². The van der Waals surface area contributed by atoms with E-state index in [0.29, 0.717) is 5.75 Å². The SMILES string of the molecule is CC(C)(O)CSc1ncc(-c2ccc(F)cc2)[nH]1. The highest BCUT2D eigenvalue weighted by Crippen LogP contribution is 2.23. The van der Waals surface area contributed by atoms with Crippen LogP contribution in [0.1, 0.15) is 13.8 Å². The topological polar surface area (TPSA) is 48.9 Å². The maximum atomic E-state index is 12.8. The molecule has 0 spiro atoms. The third-order valence-electron chi connectivity index (χ3n) is 2.27. The molecule has 0 aliphatic carbocycles. The van der Waals surface area contributed by atoms with E-state index in [2.05, 4.69) is 9.97 Å². The lowest BCUT2D eigenvalue weighted by Crippen LogP contribution is -2.21. The molecular formula is C13H15FN2OS. The van der Waals surface area contributed by atoms with Gasteiger partial charge in [0.15, 0.2) is 5.16 Å². The van der Waals surface area contributed by atoms with Crippen LogP contribution in [0.3, 0.4) is 0 Å². The molecule has 0 bridgehead atoms. The molecule has 0 unspecified atom stereocenters. The van der Waals surface area contributed by atoms with Gasteiger partial charge in [0.1, 0.15) is 5.82 Å². The number of benzene rings is 1. The molecule has 0 radical (unpaired) electrons. The molecule has 0 atom stereocenters. The number of thioether (sulfide) groups is 1. The maximum absolute atomic E-state index is 12.8. The fourth-order valence-electron chi connectivity index (χ4n) is 1.40. The second-order valence-electron chi connectivity index (χ2n) is 4.71. The van der Waals surface area contributed by atoms with E-state index < -0.39 is 5.60 Å². The van der Waals surface area contributed by atoms with Gasteiger partial charge in [-0.3, -0.25) is 0 Å². The first kappa shape index (κ1) is 13.1. The lowest BCUT2D eigenvalue weighted by Gasteiger charge is -2.14. The molecule has 0 amide bonds. The number of hydrogen-bond donors (Lipinski definition) is 2. The van der Waals surface area contributed by atoms with Gasteiger partial charge in [0, 0.05) is 5.75 Å². The smallest absolute Gasteiger partial charge is 0.165 e. The largest absolute Gasteiger partial charge is 0.390 e. The predicted octanol–water partition coefficient (Wildman–Crippen LogP) is 3.08. The molecule has 0 saturated carbocycles. The minimum atomic E-state index is -0.729. The van der Waals surface area contributed by atoms with Crippen LogP contribution >= 0.6 is 11.8 Å². The van der Waals surface area contributed by atoms with Gasteiger partial charge in [-0.1, -0.05) is 11.8 Å². The average Bonchev–Trinajstić information content (AvgIpc) is 2.75. The number of nitrogens with zero attached hydrogens (tertiary/aromatic N) is 1. The summed E-state index contributed by atoms with van der Waals surface area (Å²) in [5, 5.41) is 10.4. The number of halogens is 1. The standard InChI is InChI=1S/C13H15FN2OS/c1-13(2,17)8-18-12-15-7-11(16-12)9-3-5-10(14)6-4-9/h3-7,17H,8H2,1-2H3,(H,15,16). The number of aromatic nitrogens is 2. The Morgan fingerprint density at radius 1 is 1.33 bits per heavy atom. The molecule has 1 heterocycles. The van der Waals surface area contributed by atoms with Crippen LogP contribution in [0.4, 0.5) is 4.39 Å². The summed E-state index contributed by atoms with van der Waals surface area (Å²) in [5.41, 5.74) is 1.00. The van der Waals surface area contributed by atoms with Crippen LogP contribution in [0, 0.1) is 5.82 Å². The van der Waals surface area contributed by atoms with Gasteiger partial charge in [-0.15, -0.1) is 0 Å². The number of rotatable bonds is 4. The van der Waals surface area contributed by atoms with Crippen LogP contribution < -0.4 is 0 Å². The zero-order valence-electron chi connectivity index (χ0n) is 10.3. The van der Waals surface area contributed by atoms with Crippen LogP contribution in [0.5, 0.6) is 0 Å². The molecule has 96 valence electrons. The molecule has 0 fully saturated rings. The Morgan fingerprint density at radius 3 is 2.61 bits per heavy atom. The van der Waals surface area contributed by atoms with Gasteiger partial charge in [0.25, 0.3) is 0 Å². The Morgan fingerprint density at radius 2 is 2.00 bits per heavy atom.